The molecule has 0 radical (unpaired) electrons. The summed E-state index contributed by atoms with van der Waals surface area (Å²) >= 11 is 0. The summed E-state index contributed by atoms with van der Waals surface area (Å²) in [5.41, 5.74) is -7.87. The van der Waals surface area contributed by atoms with E-state index in [0.29, 0.717) is 18.9 Å². The van der Waals surface area contributed by atoms with Crippen molar-refractivity contribution < 1.29 is 53.1 Å². The lowest BCUT2D eigenvalue weighted by molar-refractivity contribution is -0.348. The molecule has 15 heteroatoms. The third-order valence-corrected chi connectivity index (χ3v) is 11.0. The maximum atomic E-state index is 14.9. The molecule has 2 heterocycles. The smallest absolute Gasteiger partial charge is 0.344 e. The van der Waals surface area contributed by atoms with Crippen LogP contribution in [0.5, 0.6) is 0 Å². The van der Waals surface area contributed by atoms with Gasteiger partial charge in [0.05, 0.1) is 10.9 Å². The molecule has 2 amide bonds. The number of alkyl halides is 7. The highest BCUT2D eigenvalue weighted by molar-refractivity contribution is 7.92. The van der Waals surface area contributed by atoms with Crippen molar-refractivity contribution in [1.82, 2.24) is 10.2 Å². The molecule has 1 aliphatic carbocycles. The lowest BCUT2D eigenvalue weighted by Gasteiger charge is -2.43. The summed E-state index contributed by atoms with van der Waals surface area (Å²) in [5, 5.41) is 2.57. The van der Waals surface area contributed by atoms with Crippen LogP contribution >= 0.6 is 0 Å². The molecule has 0 bridgehead atoms. The Labute approximate surface area is 235 Å². The van der Waals surface area contributed by atoms with Crippen LogP contribution < -0.4 is 5.32 Å². The Morgan fingerprint density at radius 1 is 0.929 bits per heavy atom. The van der Waals surface area contributed by atoms with Crippen molar-refractivity contribution in [1.29, 1.82) is 0 Å². The fourth-order valence-corrected chi connectivity index (χ4v) is 8.88. The topological polar surface area (TPSA) is 83.6 Å². The van der Waals surface area contributed by atoms with E-state index >= 15 is 0 Å². The number of aryl methyl sites for hydroxylation is 1. The molecule has 2 saturated heterocycles. The number of halogens is 8. The molecule has 42 heavy (non-hydrogen) atoms. The fourth-order valence-electron chi connectivity index (χ4n) is 6.51. The summed E-state index contributed by atoms with van der Waals surface area (Å²) in [6.07, 6.45) is -12.6. The summed E-state index contributed by atoms with van der Waals surface area (Å²) in [7, 11) is -4.59. The average molecular weight is 625 g/mol. The van der Waals surface area contributed by atoms with Gasteiger partial charge in [0.2, 0.25) is 11.8 Å². The first kappa shape index (κ1) is 30.2. The van der Waals surface area contributed by atoms with Gasteiger partial charge in [-0.2, -0.15) is 26.3 Å². The number of carbonyl (C=O) groups is 2. The van der Waals surface area contributed by atoms with Crippen LogP contribution in [0.3, 0.4) is 0 Å². The van der Waals surface area contributed by atoms with Gasteiger partial charge in [-0.05, 0) is 67.5 Å². The maximum absolute atomic E-state index is 14.9. The van der Waals surface area contributed by atoms with E-state index in [4.69, 9.17) is 0 Å². The van der Waals surface area contributed by atoms with Crippen LogP contribution in [0.25, 0.3) is 0 Å². The van der Waals surface area contributed by atoms with Crippen LogP contribution in [0.2, 0.25) is 0 Å². The average Bonchev–Trinajstić information content (AvgIpc) is 3.32. The quantitative estimate of drug-likeness (QED) is 0.384. The fraction of sp³-hybridized carbons (Fsp3) is 0.481. The predicted molar refractivity (Wildman–Crippen MR) is 131 cm³/mol. The van der Waals surface area contributed by atoms with Crippen LogP contribution in [0, 0.1) is 5.82 Å². The summed E-state index contributed by atoms with van der Waals surface area (Å²) in [5.74, 6) is -1.69. The highest BCUT2D eigenvalue weighted by Gasteiger charge is 2.74. The summed E-state index contributed by atoms with van der Waals surface area (Å²) < 4.78 is 136. The van der Waals surface area contributed by atoms with E-state index in [1.807, 2.05) is 0 Å². The minimum Gasteiger partial charge on any atom is -0.344 e. The van der Waals surface area contributed by atoms with Crippen molar-refractivity contribution in [2.75, 3.05) is 6.54 Å². The van der Waals surface area contributed by atoms with Crippen LogP contribution in [0.1, 0.15) is 48.8 Å². The van der Waals surface area contributed by atoms with Crippen molar-refractivity contribution in [3.8, 4) is 0 Å². The zero-order valence-corrected chi connectivity index (χ0v) is 22.5. The molecule has 3 aliphatic rings. The molecule has 2 aliphatic heterocycles. The number of carbonyl (C=O) groups excluding carboxylic acids is 2. The van der Waals surface area contributed by atoms with Gasteiger partial charge in [-0.25, -0.2) is 17.2 Å². The molecule has 1 N–H and O–H groups in total. The summed E-state index contributed by atoms with van der Waals surface area (Å²) in [4.78, 5) is 26.4. The zero-order chi connectivity index (χ0) is 30.9. The van der Waals surface area contributed by atoms with Crippen LogP contribution in [-0.4, -0.2) is 56.1 Å². The lowest BCUT2D eigenvalue weighted by Crippen LogP contribution is -2.57. The molecular weight excluding hydrogens is 600 g/mol. The van der Waals surface area contributed by atoms with Crippen LogP contribution in [0.4, 0.5) is 35.1 Å². The molecule has 0 aromatic heterocycles. The molecule has 5 rings (SSSR count). The van der Waals surface area contributed by atoms with E-state index in [-0.39, 0.29) is 60.2 Å². The highest BCUT2D eigenvalue weighted by Crippen LogP contribution is 2.56. The van der Waals surface area contributed by atoms with E-state index in [9.17, 15) is 53.1 Å². The Kier molecular flexibility index (Phi) is 7.14. The Bertz CT molecular complexity index is 1510. The van der Waals surface area contributed by atoms with Gasteiger partial charge in [-0.15, -0.1) is 0 Å². The molecule has 2 aromatic carbocycles. The molecule has 0 unspecified atom stereocenters. The number of amides is 2. The Balaban J connectivity index is 1.67. The first-order chi connectivity index (χ1) is 19.4. The number of rotatable bonds is 4. The molecule has 6 nitrogen and oxygen atoms in total. The molecule has 2 aromatic rings. The third kappa shape index (κ3) is 4.37. The van der Waals surface area contributed by atoms with Gasteiger partial charge in [-0.3, -0.25) is 9.59 Å². The van der Waals surface area contributed by atoms with Gasteiger partial charge in [0.1, 0.15) is 16.6 Å². The minimum absolute atomic E-state index is 0.157. The Morgan fingerprint density at radius 3 is 2.17 bits per heavy atom. The van der Waals surface area contributed by atoms with E-state index in [1.165, 1.54) is 4.90 Å². The molecule has 3 atom stereocenters. The molecular formula is C27H24F8N2O4S. The second-order valence-corrected chi connectivity index (χ2v) is 12.9. The van der Waals surface area contributed by atoms with E-state index in [1.54, 1.807) is 0 Å². The third-order valence-electron chi connectivity index (χ3n) is 8.48. The first-order valence-electron chi connectivity index (χ1n) is 13.0. The standard InChI is InChI=1S/C27H24F8N2O4S/c28-17-6-8-18(9-7-17)42(40,41)24-12-13-37(23(39)20-2-1-3-22(38)36-20)21(24)11-4-15-14-16(5-10-19(15)24)25(29,26(30,31)32)27(33,34)35/h5-10,14,20-21H,1-4,11-13H2,(H,36,38)/t20-,21+,24+/m0/s1. The van der Waals surface area contributed by atoms with E-state index in [2.05, 4.69) is 5.32 Å². The van der Waals surface area contributed by atoms with Crippen molar-refractivity contribution in [3.63, 3.8) is 0 Å². The minimum atomic E-state index is -6.37. The van der Waals surface area contributed by atoms with Crippen molar-refractivity contribution in [2.45, 2.75) is 78.3 Å². The van der Waals surface area contributed by atoms with Crippen molar-refractivity contribution in [2.24, 2.45) is 0 Å². The van der Waals surface area contributed by atoms with Gasteiger partial charge in [0.15, 0.2) is 9.84 Å². The predicted octanol–water partition coefficient (Wildman–Crippen LogP) is 5.00. The van der Waals surface area contributed by atoms with Crippen LogP contribution in [-0.2, 0) is 36.3 Å². The number of nitrogens with zero attached hydrogens (tertiary/aromatic N) is 1. The van der Waals surface area contributed by atoms with Gasteiger partial charge >= 0.3 is 18.0 Å². The van der Waals surface area contributed by atoms with Gasteiger partial charge in [-0.1, -0.05) is 18.2 Å². The van der Waals surface area contributed by atoms with Crippen molar-refractivity contribution in [3.05, 3.63) is 65.0 Å². The number of hydrogen-bond donors (Lipinski definition) is 1. The molecule has 228 valence electrons. The SMILES string of the molecule is O=C1CCC[C@@H](C(=O)N2CC[C@@]3(S(=O)(=O)c4ccc(F)cc4)c4ccc(C(F)(C(F)(F)F)C(F)(F)F)cc4CC[C@@H]23)N1. The summed E-state index contributed by atoms with van der Waals surface area (Å²) in [6, 6.07) is 3.06. The van der Waals surface area contributed by atoms with Gasteiger partial charge < -0.3 is 10.2 Å². The van der Waals surface area contributed by atoms with E-state index < -0.39 is 62.0 Å². The normalized spacial score (nSPS) is 25.0. The Hall–Kier alpha value is -3.23. The Morgan fingerprint density at radius 2 is 1.57 bits per heavy atom. The maximum Gasteiger partial charge on any atom is 0.435 e. The van der Waals surface area contributed by atoms with Crippen molar-refractivity contribution >= 4 is 21.7 Å². The molecule has 2 fully saturated rings. The summed E-state index contributed by atoms with van der Waals surface area (Å²) in [6.45, 7) is -0.157. The number of nitrogens with one attached hydrogen (secondary N) is 1. The number of hydrogen-bond acceptors (Lipinski definition) is 4. The second-order valence-electron chi connectivity index (χ2n) is 10.7. The molecule has 0 spiro atoms. The monoisotopic (exact) mass is 624 g/mol. The number of piperidine rings is 1. The van der Waals surface area contributed by atoms with Gasteiger partial charge in [0.25, 0.3) is 0 Å². The highest BCUT2D eigenvalue weighted by atomic mass is 32.2. The largest absolute Gasteiger partial charge is 0.435 e. The second kappa shape index (κ2) is 9.91. The van der Waals surface area contributed by atoms with E-state index in [0.717, 1.165) is 30.3 Å². The lowest BCUT2D eigenvalue weighted by atomic mass is 9.76. The number of likely N-dealkylation sites (tertiary alicyclic amines) is 1. The first-order valence-corrected chi connectivity index (χ1v) is 14.5. The number of benzene rings is 2. The number of fused-ring (bicyclic) bond motifs is 3. The number of sulfone groups is 1. The molecule has 0 saturated carbocycles. The zero-order valence-electron chi connectivity index (χ0n) is 21.7. The van der Waals surface area contributed by atoms with Crippen LogP contribution in [0.15, 0.2) is 47.4 Å². The van der Waals surface area contributed by atoms with Gasteiger partial charge in [0, 0.05) is 18.5 Å².